The van der Waals surface area contributed by atoms with Crippen molar-refractivity contribution in [1.29, 1.82) is 0 Å². The Morgan fingerprint density at radius 2 is 1.93 bits per heavy atom. The first-order chi connectivity index (χ1) is 20.0. The van der Waals surface area contributed by atoms with Gasteiger partial charge in [0.2, 0.25) is 5.91 Å². The number of hydrogen-bond donors (Lipinski definition) is 3. The lowest BCUT2D eigenvalue weighted by Gasteiger charge is -2.17. The molecule has 4 aromatic rings. The van der Waals surface area contributed by atoms with Gasteiger partial charge in [0.15, 0.2) is 0 Å². The Balaban J connectivity index is 1.45. The Bertz CT molecular complexity index is 1620. The number of halogens is 3. The number of pyridine rings is 2. The number of nitrogen functional groups attached to an aromatic ring is 1. The second-order valence-electron chi connectivity index (χ2n) is 10.2. The summed E-state index contributed by atoms with van der Waals surface area (Å²) in [4.78, 5) is 33.4. The van der Waals surface area contributed by atoms with E-state index in [9.17, 15) is 22.8 Å². The molecule has 0 bridgehead atoms. The minimum atomic E-state index is -4.55. The number of nitrogens with one attached hydrogen (secondary N) is 2. The first-order valence-electron chi connectivity index (χ1n) is 13.5. The molecule has 3 aromatic heterocycles. The van der Waals surface area contributed by atoms with Crippen molar-refractivity contribution in [2.75, 3.05) is 17.7 Å². The van der Waals surface area contributed by atoms with E-state index in [0.29, 0.717) is 54.9 Å². The van der Waals surface area contributed by atoms with Gasteiger partial charge in [0.05, 0.1) is 16.5 Å². The van der Waals surface area contributed by atoms with Crippen molar-refractivity contribution in [3.63, 3.8) is 0 Å². The fourth-order valence-corrected chi connectivity index (χ4v) is 4.84. The summed E-state index contributed by atoms with van der Waals surface area (Å²) < 4.78 is 46.7. The minimum Gasteiger partial charge on any atom is -0.383 e. The smallest absolute Gasteiger partial charge is 0.383 e. The van der Waals surface area contributed by atoms with Crippen molar-refractivity contribution in [2.24, 2.45) is 0 Å². The summed E-state index contributed by atoms with van der Waals surface area (Å²) in [5.74, 6) is -0.673. The highest BCUT2D eigenvalue weighted by Crippen LogP contribution is 2.34. The average molecular weight is 582 g/mol. The summed E-state index contributed by atoms with van der Waals surface area (Å²) in [5, 5.41) is 10.9. The normalized spacial score (nSPS) is 18.5. The number of rotatable bonds is 3. The Morgan fingerprint density at radius 1 is 1.17 bits per heavy atom. The Labute approximate surface area is 239 Å². The van der Waals surface area contributed by atoms with Crippen molar-refractivity contribution in [1.82, 2.24) is 25.1 Å². The number of nitrogens with zero attached hydrogens (tertiary/aromatic N) is 4. The number of aryl methyl sites for hydroxylation is 2. The molecule has 1 aromatic carbocycles. The van der Waals surface area contributed by atoms with Crippen LogP contribution in [0.4, 0.5) is 24.8 Å². The molecule has 1 aliphatic heterocycles. The number of carbonyl (C=O) groups excluding carboxylic acids is 2. The van der Waals surface area contributed by atoms with E-state index in [2.05, 4.69) is 20.6 Å². The predicted octanol–water partition coefficient (Wildman–Crippen LogP) is 4.59. The number of anilines is 2. The quantitative estimate of drug-likeness (QED) is 0.322. The van der Waals surface area contributed by atoms with E-state index < -0.39 is 23.8 Å². The lowest BCUT2D eigenvalue weighted by atomic mass is 10.0. The van der Waals surface area contributed by atoms with Gasteiger partial charge in [0.1, 0.15) is 23.4 Å². The Hall–Kier alpha value is -4.52. The van der Waals surface area contributed by atoms with Gasteiger partial charge in [-0.05, 0) is 62.9 Å². The van der Waals surface area contributed by atoms with Gasteiger partial charge in [-0.15, -0.1) is 0 Å². The maximum atomic E-state index is 13.0. The number of aromatic nitrogens is 4. The van der Waals surface area contributed by atoms with Crippen LogP contribution in [0, 0.1) is 0 Å². The number of ether oxygens (including phenoxy) is 1. The first kappa shape index (κ1) is 29.0. The Kier molecular flexibility index (Phi) is 8.12. The molecule has 10 nitrogen and oxygen atoms in total. The zero-order valence-corrected chi connectivity index (χ0v) is 23.0. The third-order valence-electron chi connectivity index (χ3n) is 7.11. The summed E-state index contributed by atoms with van der Waals surface area (Å²) in [6.45, 7) is 4.56. The van der Waals surface area contributed by atoms with Crippen molar-refractivity contribution >= 4 is 34.4 Å². The molecule has 1 aliphatic rings. The fraction of sp³-hybridized carbons (Fsp3) is 0.345. The highest BCUT2D eigenvalue weighted by molar-refractivity contribution is 6.05. The van der Waals surface area contributed by atoms with Crippen LogP contribution in [0.5, 0.6) is 0 Å². The maximum Gasteiger partial charge on any atom is 0.416 e. The number of benzene rings is 1. The van der Waals surface area contributed by atoms with Crippen LogP contribution in [0.2, 0.25) is 0 Å². The van der Waals surface area contributed by atoms with E-state index in [4.69, 9.17) is 15.6 Å². The van der Waals surface area contributed by atoms with Crippen LogP contribution in [-0.2, 0) is 28.7 Å². The third kappa shape index (κ3) is 6.20. The van der Waals surface area contributed by atoms with Crippen LogP contribution in [0.3, 0.4) is 0 Å². The molecule has 4 N–H and O–H groups in total. The summed E-state index contributed by atoms with van der Waals surface area (Å²) in [6.07, 6.45) is -0.456. The van der Waals surface area contributed by atoms with Crippen LogP contribution in [0.15, 0.2) is 48.8 Å². The lowest BCUT2D eigenvalue weighted by molar-refractivity contribution is -0.137. The van der Waals surface area contributed by atoms with E-state index in [1.54, 1.807) is 37.4 Å². The first-order valence-corrected chi connectivity index (χ1v) is 13.5. The summed E-state index contributed by atoms with van der Waals surface area (Å²) in [6, 6.07) is 7.99. The number of carbonyl (C=O) groups is 2. The van der Waals surface area contributed by atoms with Crippen molar-refractivity contribution in [3.8, 4) is 11.3 Å². The second kappa shape index (κ2) is 11.8. The molecule has 0 saturated heterocycles. The van der Waals surface area contributed by atoms with Crippen LogP contribution < -0.4 is 16.4 Å². The van der Waals surface area contributed by atoms with Crippen molar-refractivity contribution in [2.45, 2.75) is 58.0 Å². The summed E-state index contributed by atoms with van der Waals surface area (Å²) in [5.41, 5.74) is 8.74. The average Bonchev–Trinajstić information content (AvgIpc) is 3.35. The second-order valence-corrected chi connectivity index (χ2v) is 10.2. The molecule has 0 radical (unpaired) electrons. The molecule has 0 spiro atoms. The van der Waals surface area contributed by atoms with E-state index in [-0.39, 0.29) is 23.3 Å². The number of hydrogen-bond acceptors (Lipinski definition) is 7. The van der Waals surface area contributed by atoms with E-state index in [0.717, 1.165) is 29.4 Å². The van der Waals surface area contributed by atoms with Crippen LogP contribution in [0.25, 0.3) is 22.2 Å². The molecular weight excluding hydrogens is 551 g/mol. The highest BCUT2D eigenvalue weighted by atomic mass is 19.4. The molecule has 0 aliphatic carbocycles. The molecule has 42 heavy (non-hydrogen) atoms. The van der Waals surface area contributed by atoms with Gasteiger partial charge in [0, 0.05) is 42.7 Å². The third-order valence-corrected chi connectivity index (χ3v) is 7.11. The molecule has 0 unspecified atom stereocenters. The highest BCUT2D eigenvalue weighted by Gasteiger charge is 2.31. The van der Waals surface area contributed by atoms with Crippen molar-refractivity contribution < 1.29 is 27.5 Å². The molecule has 4 heterocycles. The topological polar surface area (TPSA) is 137 Å². The van der Waals surface area contributed by atoms with Gasteiger partial charge < -0.3 is 21.1 Å². The Morgan fingerprint density at radius 3 is 2.67 bits per heavy atom. The number of alkyl halides is 3. The van der Waals surface area contributed by atoms with Crippen LogP contribution in [-0.4, -0.2) is 50.3 Å². The van der Waals surface area contributed by atoms with Gasteiger partial charge in [0.25, 0.3) is 5.91 Å². The standard InChI is InChI=1S/C29H30F3N7O3/c1-16-10-12-39-25-20(4-3-13-42-17(2)27(40)36-16)15-35-26(33)23(25)24(38-39)18-5-7-19(8-6-18)28(41)37-22-14-21(9-11-34-22)29(30,31)32/h5-9,11,14-17H,3-4,10,12-13H2,1-2H3,(H2,33,35)(H,36,40)(H,34,37,41)/t16-,17-/m1/s1. The SMILES string of the molecule is C[C@@H]1CCn2nc(-c3ccc(C(=O)Nc4cc(C(F)(F)F)ccn4)cc3)c3c(N)ncc(c32)CCCO[C@H](C)C(=O)N1. The van der Waals surface area contributed by atoms with Gasteiger partial charge in [-0.25, -0.2) is 9.97 Å². The molecular formula is C29H30F3N7O3. The summed E-state index contributed by atoms with van der Waals surface area (Å²) in [7, 11) is 0. The van der Waals surface area contributed by atoms with E-state index in [1.165, 1.54) is 0 Å². The van der Waals surface area contributed by atoms with Gasteiger partial charge in [-0.2, -0.15) is 18.3 Å². The molecule has 5 rings (SSSR count). The number of nitrogens with two attached hydrogens (primary N) is 1. The van der Waals surface area contributed by atoms with Crippen LogP contribution in [0.1, 0.15) is 48.2 Å². The molecule has 220 valence electrons. The maximum absolute atomic E-state index is 13.0. The monoisotopic (exact) mass is 581 g/mol. The molecule has 13 heteroatoms. The van der Waals surface area contributed by atoms with Crippen molar-refractivity contribution in [3.05, 3.63) is 65.5 Å². The summed E-state index contributed by atoms with van der Waals surface area (Å²) >= 11 is 0. The van der Waals surface area contributed by atoms with E-state index in [1.807, 2.05) is 11.6 Å². The zero-order valence-electron chi connectivity index (χ0n) is 23.0. The molecule has 0 fully saturated rings. The van der Waals surface area contributed by atoms with Gasteiger partial charge in [-0.1, -0.05) is 12.1 Å². The van der Waals surface area contributed by atoms with Gasteiger partial charge in [-0.3, -0.25) is 14.3 Å². The lowest BCUT2D eigenvalue weighted by Crippen LogP contribution is -2.40. The van der Waals surface area contributed by atoms with Crippen LogP contribution >= 0.6 is 0 Å². The fourth-order valence-electron chi connectivity index (χ4n) is 4.84. The number of amides is 2. The largest absolute Gasteiger partial charge is 0.416 e. The molecule has 2 amide bonds. The van der Waals surface area contributed by atoms with Gasteiger partial charge >= 0.3 is 6.18 Å². The molecule has 0 saturated carbocycles. The van der Waals surface area contributed by atoms with E-state index >= 15 is 0 Å². The molecule has 2 atom stereocenters. The zero-order chi connectivity index (χ0) is 30.0. The predicted molar refractivity (Wildman–Crippen MR) is 151 cm³/mol. The minimum absolute atomic E-state index is 0.126.